The minimum absolute atomic E-state index is 0.0952. The number of unbranched alkanes of at least 4 members (excludes halogenated alkanes) is 17. The molecule has 0 aliphatic heterocycles. The van der Waals surface area contributed by atoms with Gasteiger partial charge in [0.2, 0.25) is 0 Å². The molecule has 0 fully saturated rings. The van der Waals surface area contributed by atoms with Crippen molar-refractivity contribution in [1.29, 1.82) is 0 Å². The van der Waals surface area contributed by atoms with Crippen molar-refractivity contribution < 1.29 is 23.8 Å². The molecule has 0 aromatic rings. The summed E-state index contributed by atoms with van der Waals surface area (Å²) in [6, 6.07) is 0. The SMILES string of the molecule is CCCCCCCCCCCCCCCCCCOC(=O)CCCCCC(=O)OC(C)C(C)CCOC. The van der Waals surface area contributed by atoms with Crippen LogP contribution in [0, 0.1) is 5.92 Å². The molecule has 0 aromatic carbocycles. The maximum atomic E-state index is 12.0. The Morgan fingerprint density at radius 2 is 1.00 bits per heavy atom. The molecule has 0 aromatic heterocycles. The van der Waals surface area contributed by atoms with Crippen molar-refractivity contribution in [2.75, 3.05) is 20.3 Å². The number of hydrogen-bond acceptors (Lipinski definition) is 5. The lowest BCUT2D eigenvalue weighted by atomic mass is 10.0. The van der Waals surface area contributed by atoms with Crippen LogP contribution in [0.25, 0.3) is 0 Å². The van der Waals surface area contributed by atoms with Crippen LogP contribution in [0.4, 0.5) is 0 Å². The van der Waals surface area contributed by atoms with Crippen LogP contribution in [-0.2, 0) is 23.8 Å². The van der Waals surface area contributed by atoms with E-state index >= 15 is 0 Å². The Balaban J connectivity index is 3.36. The summed E-state index contributed by atoms with van der Waals surface area (Å²) in [4.78, 5) is 23.9. The van der Waals surface area contributed by atoms with E-state index in [9.17, 15) is 9.59 Å². The van der Waals surface area contributed by atoms with Gasteiger partial charge in [-0.3, -0.25) is 9.59 Å². The zero-order chi connectivity index (χ0) is 27.4. The molecular weight excluding hydrogens is 464 g/mol. The third-order valence-corrected chi connectivity index (χ3v) is 7.42. The van der Waals surface area contributed by atoms with Crippen LogP contribution in [0.2, 0.25) is 0 Å². The van der Waals surface area contributed by atoms with Crippen molar-refractivity contribution in [3.05, 3.63) is 0 Å². The van der Waals surface area contributed by atoms with Crippen LogP contribution in [0.5, 0.6) is 0 Å². The van der Waals surface area contributed by atoms with Gasteiger partial charge in [0.1, 0.15) is 6.10 Å². The van der Waals surface area contributed by atoms with Gasteiger partial charge in [0, 0.05) is 26.6 Å². The molecule has 0 bridgehead atoms. The largest absolute Gasteiger partial charge is 0.466 e. The van der Waals surface area contributed by atoms with Crippen LogP contribution in [0.15, 0.2) is 0 Å². The quantitative estimate of drug-likeness (QED) is 0.0750. The molecule has 0 radical (unpaired) electrons. The average molecular weight is 527 g/mol. The summed E-state index contributed by atoms with van der Waals surface area (Å²) in [5.41, 5.74) is 0. The van der Waals surface area contributed by atoms with Crippen LogP contribution >= 0.6 is 0 Å². The van der Waals surface area contributed by atoms with Gasteiger partial charge in [-0.15, -0.1) is 0 Å². The van der Waals surface area contributed by atoms with Crippen molar-refractivity contribution >= 4 is 11.9 Å². The second-order valence-electron chi connectivity index (χ2n) is 11.0. The van der Waals surface area contributed by atoms with Gasteiger partial charge >= 0.3 is 11.9 Å². The Kier molecular flexibility index (Phi) is 27.1. The van der Waals surface area contributed by atoms with E-state index in [1.54, 1.807) is 7.11 Å². The zero-order valence-electron chi connectivity index (χ0n) is 25.2. The van der Waals surface area contributed by atoms with Crippen LogP contribution in [0.1, 0.15) is 162 Å². The predicted octanol–water partition coefficient (Wildman–Crippen LogP) is 9.35. The van der Waals surface area contributed by atoms with Crippen molar-refractivity contribution in [1.82, 2.24) is 0 Å². The molecule has 0 saturated heterocycles. The monoisotopic (exact) mass is 526 g/mol. The molecule has 5 nitrogen and oxygen atoms in total. The Morgan fingerprint density at radius 1 is 0.568 bits per heavy atom. The predicted molar refractivity (Wildman–Crippen MR) is 155 cm³/mol. The fourth-order valence-corrected chi connectivity index (χ4v) is 4.54. The maximum absolute atomic E-state index is 12.0. The Bertz CT molecular complexity index is 507. The summed E-state index contributed by atoms with van der Waals surface area (Å²) in [6.07, 6.45) is 25.5. The number of carbonyl (C=O) groups excluding carboxylic acids is 2. The Morgan fingerprint density at radius 3 is 1.49 bits per heavy atom. The lowest BCUT2D eigenvalue weighted by Gasteiger charge is -2.20. The molecule has 0 N–H and O–H groups in total. The maximum Gasteiger partial charge on any atom is 0.306 e. The van der Waals surface area contributed by atoms with Gasteiger partial charge in [-0.2, -0.15) is 0 Å². The highest BCUT2D eigenvalue weighted by Gasteiger charge is 2.16. The van der Waals surface area contributed by atoms with E-state index in [2.05, 4.69) is 13.8 Å². The van der Waals surface area contributed by atoms with Gasteiger partial charge in [-0.05, 0) is 38.5 Å². The van der Waals surface area contributed by atoms with E-state index < -0.39 is 0 Å². The lowest BCUT2D eigenvalue weighted by Crippen LogP contribution is -2.23. The number of hydrogen-bond donors (Lipinski definition) is 0. The van der Waals surface area contributed by atoms with Crippen molar-refractivity contribution in [3.63, 3.8) is 0 Å². The number of methoxy groups -OCH3 is 1. The van der Waals surface area contributed by atoms with Crippen molar-refractivity contribution in [2.24, 2.45) is 5.92 Å². The number of ether oxygens (including phenoxy) is 3. The molecule has 0 saturated carbocycles. The first-order valence-electron chi connectivity index (χ1n) is 15.8. The molecule has 2 unspecified atom stereocenters. The molecule has 220 valence electrons. The van der Waals surface area contributed by atoms with Crippen molar-refractivity contribution in [3.8, 4) is 0 Å². The summed E-state index contributed by atoms with van der Waals surface area (Å²) < 4.78 is 15.9. The molecule has 0 aliphatic carbocycles. The summed E-state index contributed by atoms with van der Waals surface area (Å²) in [5.74, 6) is 0.0278. The number of esters is 2. The van der Waals surface area contributed by atoms with E-state index in [1.165, 1.54) is 89.9 Å². The third-order valence-electron chi connectivity index (χ3n) is 7.42. The molecular formula is C32H62O5. The molecule has 2 atom stereocenters. The third kappa shape index (κ3) is 26.3. The van der Waals surface area contributed by atoms with E-state index in [0.29, 0.717) is 26.1 Å². The number of rotatable bonds is 28. The fourth-order valence-electron chi connectivity index (χ4n) is 4.54. The molecule has 0 heterocycles. The van der Waals surface area contributed by atoms with Gasteiger partial charge in [0.05, 0.1) is 6.61 Å². The molecule has 37 heavy (non-hydrogen) atoms. The first-order valence-corrected chi connectivity index (χ1v) is 15.8. The van der Waals surface area contributed by atoms with Crippen LogP contribution in [-0.4, -0.2) is 38.4 Å². The van der Waals surface area contributed by atoms with Gasteiger partial charge in [-0.25, -0.2) is 0 Å². The molecule has 0 amide bonds. The molecule has 5 heteroatoms. The number of carbonyl (C=O) groups is 2. The minimum atomic E-state index is -0.150. The highest BCUT2D eigenvalue weighted by atomic mass is 16.5. The van der Waals surface area contributed by atoms with Crippen molar-refractivity contribution in [2.45, 2.75) is 168 Å². The first-order chi connectivity index (χ1) is 18.0. The molecule has 0 spiro atoms. The Labute approximate surface area is 230 Å². The lowest BCUT2D eigenvalue weighted by molar-refractivity contribution is -0.151. The summed E-state index contributed by atoms with van der Waals surface area (Å²) in [6.45, 7) is 7.51. The van der Waals surface area contributed by atoms with Gasteiger partial charge in [0.15, 0.2) is 0 Å². The van der Waals surface area contributed by atoms with E-state index in [0.717, 1.165) is 38.5 Å². The topological polar surface area (TPSA) is 61.8 Å². The second kappa shape index (κ2) is 27.9. The van der Waals surface area contributed by atoms with Crippen LogP contribution < -0.4 is 0 Å². The normalized spacial score (nSPS) is 12.9. The minimum Gasteiger partial charge on any atom is -0.466 e. The van der Waals surface area contributed by atoms with E-state index in [-0.39, 0.29) is 24.0 Å². The highest BCUT2D eigenvalue weighted by Crippen LogP contribution is 2.15. The molecule has 0 rings (SSSR count). The van der Waals surface area contributed by atoms with Crippen LogP contribution in [0.3, 0.4) is 0 Å². The standard InChI is InChI=1S/C32H62O5/c1-5-6-7-8-9-10-11-12-13-14-15-16-17-18-19-23-27-36-31(33)24-21-20-22-25-32(34)37-30(3)29(2)26-28-35-4/h29-30H,5-28H2,1-4H3. The zero-order valence-corrected chi connectivity index (χ0v) is 25.2. The van der Waals surface area contributed by atoms with E-state index in [1.807, 2.05) is 6.92 Å². The smallest absolute Gasteiger partial charge is 0.306 e. The van der Waals surface area contributed by atoms with Gasteiger partial charge in [-0.1, -0.05) is 117 Å². The fraction of sp³-hybridized carbons (Fsp3) is 0.938. The highest BCUT2D eigenvalue weighted by molar-refractivity contribution is 5.70. The van der Waals surface area contributed by atoms with Gasteiger partial charge in [0.25, 0.3) is 0 Å². The Hall–Kier alpha value is -1.10. The van der Waals surface area contributed by atoms with Gasteiger partial charge < -0.3 is 14.2 Å². The molecule has 0 aliphatic rings. The average Bonchev–Trinajstić information content (AvgIpc) is 2.88. The van der Waals surface area contributed by atoms with E-state index in [4.69, 9.17) is 14.2 Å². The summed E-state index contributed by atoms with van der Waals surface area (Å²) in [5, 5.41) is 0. The summed E-state index contributed by atoms with van der Waals surface area (Å²) >= 11 is 0. The summed E-state index contributed by atoms with van der Waals surface area (Å²) in [7, 11) is 1.68. The second-order valence-corrected chi connectivity index (χ2v) is 11.0. The first kappa shape index (κ1) is 35.9.